The normalized spacial score (nSPS) is 15.5. The summed E-state index contributed by atoms with van der Waals surface area (Å²) in [7, 11) is -1.64. The molecule has 2 aromatic carbocycles. The van der Waals surface area contributed by atoms with Crippen LogP contribution in [0.5, 0.6) is 0 Å². The van der Waals surface area contributed by atoms with Crippen LogP contribution < -0.4 is 5.32 Å². The minimum absolute atomic E-state index is 0.149. The van der Waals surface area contributed by atoms with Crippen molar-refractivity contribution in [2.45, 2.75) is 11.3 Å². The molecule has 3 aromatic rings. The number of hydrogen-bond donors (Lipinski definition) is 1. The Hall–Kier alpha value is -3.01. The van der Waals surface area contributed by atoms with Crippen LogP contribution in [0.15, 0.2) is 71.8 Å². The van der Waals surface area contributed by atoms with Crippen molar-refractivity contribution < 1.29 is 13.2 Å². The van der Waals surface area contributed by atoms with E-state index in [9.17, 15) is 13.2 Å². The summed E-state index contributed by atoms with van der Waals surface area (Å²) >= 11 is 0. The first-order valence-corrected chi connectivity index (χ1v) is 12.0. The SMILES string of the molecule is CN1CCN(S(=O)(=O)c2cccc(C(=O)NCCc3ccn(-c4ccccc4)n3)c2)CC1. The third-order valence-corrected chi connectivity index (χ3v) is 7.42. The predicted molar refractivity (Wildman–Crippen MR) is 122 cm³/mol. The minimum Gasteiger partial charge on any atom is -0.352 e. The van der Waals surface area contributed by atoms with Crippen LogP contribution in [0.25, 0.3) is 5.69 Å². The second-order valence-electron chi connectivity index (χ2n) is 7.83. The van der Waals surface area contributed by atoms with Gasteiger partial charge >= 0.3 is 0 Å². The monoisotopic (exact) mass is 453 g/mol. The first-order chi connectivity index (χ1) is 15.4. The molecule has 0 saturated carbocycles. The zero-order chi connectivity index (χ0) is 22.6. The molecule has 0 aliphatic carbocycles. The van der Waals surface area contributed by atoms with Gasteiger partial charge in [-0.3, -0.25) is 4.79 Å². The molecule has 32 heavy (non-hydrogen) atoms. The Morgan fingerprint density at radius 2 is 1.75 bits per heavy atom. The number of sulfonamides is 1. The van der Waals surface area contributed by atoms with Gasteiger partial charge in [-0.05, 0) is 43.4 Å². The lowest BCUT2D eigenvalue weighted by molar-refractivity contribution is 0.0954. The minimum atomic E-state index is -3.61. The number of carbonyl (C=O) groups excluding carboxylic acids is 1. The molecule has 1 aromatic heterocycles. The van der Waals surface area contributed by atoms with E-state index >= 15 is 0 Å². The average Bonchev–Trinajstić information content (AvgIpc) is 3.29. The highest BCUT2D eigenvalue weighted by Crippen LogP contribution is 2.18. The molecule has 8 nitrogen and oxygen atoms in total. The number of amides is 1. The van der Waals surface area contributed by atoms with Crippen LogP contribution in [0.4, 0.5) is 0 Å². The smallest absolute Gasteiger partial charge is 0.251 e. The zero-order valence-corrected chi connectivity index (χ0v) is 18.8. The van der Waals surface area contributed by atoms with E-state index in [2.05, 4.69) is 15.3 Å². The Morgan fingerprint density at radius 1 is 1.00 bits per heavy atom. The van der Waals surface area contributed by atoms with E-state index in [1.165, 1.54) is 10.4 Å². The summed E-state index contributed by atoms with van der Waals surface area (Å²) in [6.45, 7) is 2.69. The Kier molecular flexibility index (Phi) is 6.69. The maximum atomic E-state index is 13.0. The summed E-state index contributed by atoms with van der Waals surface area (Å²) < 4.78 is 29.2. The molecular weight excluding hydrogens is 426 g/mol. The molecule has 4 rings (SSSR count). The lowest BCUT2D eigenvalue weighted by atomic mass is 10.2. The number of likely N-dealkylation sites (N-methyl/N-ethyl adjacent to an activating group) is 1. The van der Waals surface area contributed by atoms with E-state index in [0.717, 1.165) is 11.4 Å². The molecule has 0 radical (unpaired) electrons. The van der Waals surface area contributed by atoms with Gasteiger partial charge in [0.05, 0.1) is 16.3 Å². The topological polar surface area (TPSA) is 87.5 Å². The second-order valence-corrected chi connectivity index (χ2v) is 9.77. The van der Waals surface area contributed by atoms with Crippen molar-refractivity contribution >= 4 is 15.9 Å². The first-order valence-electron chi connectivity index (χ1n) is 10.6. The molecule has 1 aliphatic rings. The van der Waals surface area contributed by atoms with Gasteiger partial charge in [0.1, 0.15) is 0 Å². The summed E-state index contributed by atoms with van der Waals surface area (Å²) in [5.41, 5.74) is 2.16. The Bertz CT molecular complexity index is 1170. The third-order valence-electron chi connectivity index (χ3n) is 5.53. The molecule has 1 aliphatic heterocycles. The van der Waals surface area contributed by atoms with Crippen LogP contribution >= 0.6 is 0 Å². The second kappa shape index (κ2) is 9.64. The summed E-state index contributed by atoms with van der Waals surface area (Å²) in [5, 5.41) is 7.39. The van der Waals surface area contributed by atoms with Gasteiger partial charge in [-0.2, -0.15) is 9.40 Å². The maximum Gasteiger partial charge on any atom is 0.251 e. The van der Waals surface area contributed by atoms with Crippen LogP contribution in [-0.2, 0) is 16.4 Å². The lowest BCUT2D eigenvalue weighted by Gasteiger charge is -2.31. The molecule has 168 valence electrons. The number of aromatic nitrogens is 2. The predicted octanol–water partition coefficient (Wildman–Crippen LogP) is 1.78. The maximum absolute atomic E-state index is 13.0. The van der Waals surface area contributed by atoms with E-state index in [1.807, 2.05) is 49.6 Å². The fourth-order valence-corrected chi connectivity index (χ4v) is 5.07. The van der Waals surface area contributed by atoms with Crippen molar-refractivity contribution in [3.8, 4) is 5.69 Å². The van der Waals surface area contributed by atoms with E-state index < -0.39 is 10.0 Å². The number of para-hydroxylation sites is 1. The first kappa shape index (κ1) is 22.2. The number of carbonyl (C=O) groups is 1. The largest absolute Gasteiger partial charge is 0.352 e. The molecule has 0 atom stereocenters. The van der Waals surface area contributed by atoms with E-state index in [4.69, 9.17) is 0 Å². The number of piperazine rings is 1. The number of hydrogen-bond acceptors (Lipinski definition) is 5. The summed E-state index contributed by atoms with van der Waals surface area (Å²) in [6.07, 6.45) is 2.46. The third kappa shape index (κ3) is 5.07. The van der Waals surface area contributed by atoms with Crippen molar-refractivity contribution in [1.82, 2.24) is 24.3 Å². The Balaban J connectivity index is 1.36. The van der Waals surface area contributed by atoms with Crippen molar-refractivity contribution in [3.63, 3.8) is 0 Å². The molecular formula is C23H27N5O3S. The number of rotatable bonds is 7. The van der Waals surface area contributed by atoms with Crippen molar-refractivity contribution in [2.75, 3.05) is 39.8 Å². The zero-order valence-electron chi connectivity index (χ0n) is 18.0. The summed E-state index contributed by atoms with van der Waals surface area (Å²) in [4.78, 5) is 14.9. The molecule has 0 bridgehead atoms. The van der Waals surface area contributed by atoms with Crippen LogP contribution in [0.2, 0.25) is 0 Å². The molecule has 0 spiro atoms. The fourth-order valence-electron chi connectivity index (χ4n) is 3.60. The van der Waals surface area contributed by atoms with Crippen molar-refractivity contribution in [1.29, 1.82) is 0 Å². The Labute approximate surface area is 188 Å². The van der Waals surface area contributed by atoms with Crippen LogP contribution in [0, 0.1) is 0 Å². The number of benzene rings is 2. The van der Waals surface area contributed by atoms with Gasteiger partial charge in [0.2, 0.25) is 10.0 Å². The molecule has 1 N–H and O–H groups in total. The number of nitrogens with one attached hydrogen (secondary N) is 1. The van der Waals surface area contributed by atoms with Gasteiger partial charge in [-0.1, -0.05) is 24.3 Å². The van der Waals surface area contributed by atoms with E-state index in [-0.39, 0.29) is 10.8 Å². The molecule has 9 heteroatoms. The molecule has 2 heterocycles. The number of nitrogens with zero attached hydrogens (tertiary/aromatic N) is 4. The summed E-state index contributed by atoms with van der Waals surface area (Å²) in [6, 6.07) is 18.0. The average molecular weight is 454 g/mol. The molecule has 0 unspecified atom stereocenters. The van der Waals surface area contributed by atoms with Gasteiger partial charge in [0, 0.05) is 50.9 Å². The van der Waals surface area contributed by atoms with Crippen molar-refractivity contribution in [2.24, 2.45) is 0 Å². The van der Waals surface area contributed by atoms with Crippen LogP contribution in [0.3, 0.4) is 0 Å². The summed E-state index contributed by atoms with van der Waals surface area (Å²) in [5.74, 6) is -0.303. The van der Waals surface area contributed by atoms with E-state index in [0.29, 0.717) is 44.7 Å². The highest BCUT2D eigenvalue weighted by atomic mass is 32.2. The molecule has 1 saturated heterocycles. The Morgan fingerprint density at radius 3 is 2.50 bits per heavy atom. The van der Waals surface area contributed by atoms with Gasteiger partial charge in [0.25, 0.3) is 5.91 Å². The highest BCUT2D eigenvalue weighted by molar-refractivity contribution is 7.89. The van der Waals surface area contributed by atoms with Gasteiger partial charge < -0.3 is 10.2 Å². The quantitative estimate of drug-likeness (QED) is 0.589. The fraction of sp³-hybridized carbons (Fsp3) is 0.304. The molecule has 1 fully saturated rings. The van der Waals surface area contributed by atoms with Gasteiger partial charge in [0.15, 0.2) is 0 Å². The standard InChI is InChI=1S/C23H27N5O3S/c1-26-14-16-27(17-15-26)32(30,31)22-9-5-6-19(18-22)23(29)24-12-10-20-11-13-28(25-20)21-7-3-2-4-8-21/h2-9,11,13,18H,10,12,14-17H2,1H3,(H,24,29). The molecule has 1 amide bonds. The van der Waals surface area contributed by atoms with Crippen molar-refractivity contribution in [3.05, 3.63) is 78.1 Å². The van der Waals surface area contributed by atoms with Gasteiger partial charge in [-0.25, -0.2) is 13.1 Å². The van der Waals surface area contributed by atoms with Crippen LogP contribution in [0.1, 0.15) is 16.1 Å². The highest BCUT2D eigenvalue weighted by Gasteiger charge is 2.27. The lowest BCUT2D eigenvalue weighted by Crippen LogP contribution is -2.47. The van der Waals surface area contributed by atoms with E-state index in [1.54, 1.807) is 22.9 Å². The van der Waals surface area contributed by atoms with Crippen LogP contribution in [-0.4, -0.2) is 73.1 Å². The van der Waals surface area contributed by atoms with Gasteiger partial charge in [-0.15, -0.1) is 0 Å².